The molecule has 180 valence electrons. The number of nitrogens with one attached hydrogen (secondary N) is 2. The van der Waals surface area contributed by atoms with Gasteiger partial charge < -0.3 is 14.8 Å². The number of thiophene rings is 1. The third-order valence-electron chi connectivity index (χ3n) is 5.34. The molecule has 4 rings (SSSR count). The van der Waals surface area contributed by atoms with Gasteiger partial charge in [-0.05, 0) is 47.7 Å². The van der Waals surface area contributed by atoms with Crippen LogP contribution in [0.2, 0.25) is 0 Å². The van der Waals surface area contributed by atoms with Crippen molar-refractivity contribution in [2.45, 2.75) is 13.3 Å². The standard InChI is InChI=1S/C27H26N2O4S2/c1-2-35(32)33-23-10-5-4-9-22(23)19-12-14-20(15-13-19)26(30)28-16-7-17-29-27(31)25-18-21-8-3-6-11-24(21)34-25/h3-6,8-15,18H,2,7,16-17H2,1H3,(H,28,30)(H,29,31). The van der Waals surface area contributed by atoms with E-state index >= 15 is 0 Å². The predicted molar refractivity (Wildman–Crippen MR) is 142 cm³/mol. The van der Waals surface area contributed by atoms with Crippen LogP contribution in [0.15, 0.2) is 78.9 Å². The fourth-order valence-corrected chi connectivity index (χ4v) is 4.96. The van der Waals surface area contributed by atoms with Gasteiger partial charge in [0.1, 0.15) is 5.75 Å². The fourth-order valence-electron chi connectivity index (χ4n) is 3.51. The van der Waals surface area contributed by atoms with Gasteiger partial charge in [-0.1, -0.05) is 55.5 Å². The number of benzene rings is 3. The number of amides is 2. The number of fused-ring (bicyclic) bond motifs is 1. The fraction of sp³-hybridized carbons (Fsp3) is 0.185. The summed E-state index contributed by atoms with van der Waals surface area (Å²) in [4.78, 5) is 25.6. The van der Waals surface area contributed by atoms with Crippen molar-refractivity contribution in [2.75, 3.05) is 18.8 Å². The van der Waals surface area contributed by atoms with E-state index in [0.29, 0.717) is 41.5 Å². The van der Waals surface area contributed by atoms with Gasteiger partial charge in [-0.2, -0.15) is 0 Å². The number of hydrogen-bond donors (Lipinski definition) is 2. The number of para-hydroxylation sites is 1. The molecule has 0 fully saturated rings. The van der Waals surface area contributed by atoms with Crippen molar-refractivity contribution in [2.24, 2.45) is 0 Å². The summed E-state index contributed by atoms with van der Waals surface area (Å²) in [7, 11) is 0. The van der Waals surface area contributed by atoms with Crippen LogP contribution in [0.25, 0.3) is 21.2 Å². The lowest BCUT2D eigenvalue weighted by Gasteiger charge is -2.11. The predicted octanol–water partition coefficient (Wildman–Crippen LogP) is 5.18. The zero-order chi connectivity index (χ0) is 24.6. The van der Waals surface area contributed by atoms with Gasteiger partial charge >= 0.3 is 0 Å². The van der Waals surface area contributed by atoms with E-state index in [0.717, 1.165) is 21.2 Å². The van der Waals surface area contributed by atoms with E-state index in [1.54, 1.807) is 25.1 Å². The van der Waals surface area contributed by atoms with Crippen LogP contribution in [-0.4, -0.2) is 34.9 Å². The summed E-state index contributed by atoms with van der Waals surface area (Å²) in [5.74, 6) is 0.675. The Hall–Kier alpha value is -3.49. The normalized spacial score (nSPS) is 11.7. The van der Waals surface area contributed by atoms with Gasteiger partial charge in [0, 0.05) is 28.9 Å². The van der Waals surface area contributed by atoms with Crippen LogP contribution in [0.3, 0.4) is 0 Å². The molecule has 2 N–H and O–H groups in total. The van der Waals surface area contributed by atoms with E-state index in [-0.39, 0.29) is 11.8 Å². The molecule has 8 heteroatoms. The van der Waals surface area contributed by atoms with Crippen molar-refractivity contribution >= 4 is 44.3 Å². The Labute approximate surface area is 211 Å². The van der Waals surface area contributed by atoms with Crippen LogP contribution in [0.1, 0.15) is 33.4 Å². The van der Waals surface area contributed by atoms with Gasteiger partial charge in [0.25, 0.3) is 11.8 Å². The Morgan fingerprint density at radius 2 is 1.57 bits per heavy atom. The molecular weight excluding hydrogens is 480 g/mol. The highest BCUT2D eigenvalue weighted by Gasteiger charge is 2.12. The summed E-state index contributed by atoms with van der Waals surface area (Å²) >= 11 is 0.0835. The van der Waals surface area contributed by atoms with Crippen LogP contribution in [0.5, 0.6) is 5.75 Å². The second-order valence-electron chi connectivity index (χ2n) is 7.76. The number of hydrogen-bond acceptors (Lipinski definition) is 5. The smallest absolute Gasteiger partial charge is 0.261 e. The van der Waals surface area contributed by atoms with Crippen molar-refractivity contribution in [3.8, 4) is 16.9 Å². The first-order valence-electron chi connectivity index (χ1n) is 11.4. The minimum absolute atomic E-state index is 0.0971. The molecule has 3 aromatic carbocycles. The van der Waals surface area contributed by atoms with Crippen molar-refractivity contribution in [1.29, 1.82) is 0 Å². The van der Waals surface area contributed by atoms with E-state index in [4.69, 9.17) is 4.18 Å². The Balaban J connectivity index is 1.25. The first kappa shape index (κ1) is 24.6. The quantitative estimate of drug-likeness (QED) is 0.290. The summed E-state index contributed by atoms with van der Waals surface area (Å²) < 4.78 is 18.4. The van der Waals surface area contributed by atoms with Gasteiger partial charge in [-0.3, -0.25) is 9.59 Å². The molecule has 1 unspecified atom stereocenters. The van der Waals surface area contributed by atoms with Crippen LogP contribution < -0.4 is 14.8 Å². The summed E-state index contributed by atoms with van der Waals surface area (Å²) in [5, 5.41) is 6.86. The molecule has 1 heterocycles. The monoisotopic (exact) mass is 506 g/mol. The molecule has 0 radical (unpaired) electrons. The maximum Gasteiger partial charge on any atom is 0.261 e. The second-order valence-corrected chi connectivity index (χ2v) is 10.2. The molecule has 35 heavy (non-hydrogen) atoms. The zero-order valence-corrected chi connectivity index (χ0v) is 20.9. The van der Waals surface area contributed by atoms with E-state index in [1.165, 1.54) is 11.3 Å². The largest absolute Gasteiger partial charge is 0.400 e. The first-order valence-corrected chi connectivity index (χ1v) is 13.4. The maximum atomic E-state index is 12.5. The number of carbonyl (C=O) groups is 2. The molecule has 1 atom stereocenters. The van der Waals surface area contributed by atoms with Crippen LogP contribution in [0.4, 0.5) is 0 Å². The SMILES string of the molecule is CCS(=O)Oc1ccccc1-c1ccc(C(=O)NCCCNC(=O)c2cc3ccccc3s2)cc1. The van der Waals surface area contributed by atoms with Crippen molar-refractivity contribution in [1.82, 2.24) is 10.6 Å². The highest BCUT2D eigenvalue weighted by Crippen LogP contribution is 2.30. The first-order chi connectivity index (χ1) is 17.0. The van der Waals surface area contributed by atoms with Gasteiger partial charge in [-0.25, -0.2) is 4.21 Å². The third kappa shape index (κ3) is 6.35. The average molecular weight is 507 g/mol. The summed E-state index contributed by atoms with van der Waals surface area (Å²) in [6.45, 7) is 2.72. The van der Waals surface area contributed by atoms with E-state index < -0.39 is 11.1 Å². The van der Waals surface area contributed by atoms with Gasteiger partial charge in [0.05, 0.1) is 10.6 Å². The molecule has 0 saturated heterocycles. The Kier molecular flexibility index (Phi) is 8.28. The lowest BCUT2D eigenvalue weighted by molar-refractivity contribution is 0.0953. The molecule has 0 aliphatic heterocycles. The molecule has 0 aliphatic carbocycles. The average Bonchev–Trinajstić information content (AvgIpc) is 3.33. The van der Waals surface area contributed by atoms with E-state index in [9.17, 15) is 13.8 Å². The second kappa shape index (κ2) is 11.8. The van der Waals surface area contributed by atoms with Crippen LogP contribution in [0, 0.1) is 0 Å². The highest BCUT2D eigenvalue weighted by molar-refractivity contribution is 7.80. The number of rotatable bonds is 10. The Morgan fingerprint density at radius 1 is 0.886 bits per heavy atom. The lowest BCUT2D eigenvalue weighted by Crippen LogP contribution is -2.29. The molecule has 2 amide bonds. The van der Waals surface area contributed by atoms with Crippen molar-refractivity contribution in [3.05, 3.63) is 89.3 Å². The highest BCUT2D eigenvalue weighted by atomic mass is 32.2. The maximum absolute atomic E-state index is 12.5. The molecule has 0 saturated carbocycles. The minimum Gasteiger partial charge on any atom is -0.400 e. The molecule has 6 nitrogen and oxygen atoms in total. The zero-order valence-electron chi connectivity index (χ0n) is 19.3. The topological polar surface area (TPSA) is 84.5 Å². The van der Waals surface area contributed by atoms with E-state index in [2.05, 4.69) is 10.6 Å². The van der Waals surface area contributed by atoms with Gasteiger partial charge in [0.15, 0.2) is 0 Å². The summed E-state index contributed by atoms with van der Waals surface area (Å²) in [6, 6.07) is 24.4. The molecule has 0 aliphatic rings. The van der Waals surface area contributed by atoms with Gasteiger partial charge in [-0.15, -0.1) is 11.3 Å². The lowest BCUT2D eigenvalue weighted by atomic mass is 10.0. The van der Waals surface area contributed by atoms with Gasteiger partial charge in [0.2, 0.25) is 11.1 Å². The molecule has 0 bridgehead atoms. The third-order valence-corrected chi connectivity index (χ3v) is 7.29. The van der Waals surface area contributed by atoms with E-state index in [1.807, 2.05) is 60.7 Å². The number of carbonyl (C=O) groups excluding carboxylic acids is 2. The summed E-state index contributed by atoms with van der Waals surface area (Å²) in [6.07, 6.45) is 0.625. The Bertz CT molecular complexity index is 1320. The molecule has 1 aromatic heterocycles. The molecular formula is C27H26N2O4S2. The Morgan fingerprint density at radius 3 is 2.31 bits per heavy atom. The van der Waals surface area contributed by atoms with Crippen LogP contribution >= 0.6 is 11.3 Å². The summed E-state index contributed by atoms with van der Waals surface area (Å²) in [5.41, 5.74) is 2.23. The van der Waals surface area contributed by atoms with Crippen molar-refractivity contribution in [3.63, 3.8) is 0 Å². The van der Waals surface area contributed by atoms with Crippen molar-refractivity contribution < 1.29 is 18.0 Å². The molecule has 4 aromatic rings. The minimum atomic E-state index is -1.39. The molecule has 0 spiro atoms. The van der Waals surface area contributed by atoms with Crippen LogP contribution in [-0.2, 0) is 11.1 Å².